The standard InChI is InChI=1S/C14H13FN2O/c1-8-11(14(17)18)6-9(7-13(8)16)10-4-2-3-5-12(10)15/h2-7H,16H2,1H3,(H2,17,18). The summed E-state index contributed by atoms with van der Waals surface area (Å²) in [5.74, 6) is -0.937. The van der Waals surface area contributed by atoms with E-state index in [2.05, 4.69) is 0 Å². The molecule has 2 aromatic rings. The number of nitrogen functional groups attached to an aromatic ring is 1. The van der Waals surface area contributed by atoms with E-state index in [1.807, 2.05) is 0 Å². The zero-order valence-corrected chi connectivity index (χ0v) is 9.91. The van der Waals surface area contributed by atoms with Crippen LogP contribution in [0.25, 0.3) is 11.1 Å². The van der Waals surface area contributed by atoms with Gasteiger partial charge in [0, 0.05) is 16.8 Å². The Bertz CT molecular complexity index is 623. The first-order valence-electron chi connectivity index (χ1n) is 5.45. The van der Waals surface area contributed by atoms with E-state index in [0.717, 1.165) is 0 Å². The van der Waals surface area contributed by atoms with Crippen molar-refractivity contribution in [3.8, 4) is 11.1 Å². The molecule has 18 heavy (non-hydrogen) atoms. The number of anilines is 1. The predicted octanol–water partition coefficient (Wildman–Crippen LogP) is 2.48. The lowest BCUT2D eigenvalue weighted by Crippen LogP contribution is -2.14. The first-order chi connectivity index (χ1) is 8.50. The van der Waals surface area contributed by atoms with E-state index in [-0.39, 0.29) is 5.82 Å². The van der Waals surface area contributed by atoms with Crippen LogP contribution in [0.15, 0.2) is 36.4 Å². The van der Waals surface area contributed by atoms with Gasteiger partial charge in [0.05, 0.1) is 0 Å². The van der Waals surface area contributed by atoms with E-state index < -0.39 is 5.91 Å². The number of halogens is 1. The third-order valence-electron chi connectivity index (χ3n) is 2.90. The minimum absolute atomic E-state index is 0.313. The van der Waals surface area contributed by atoms with Gasteiger partial charge in [-0.05, 0) is 36.2 Å². The van der Waals surface area contributed by atoms with Crippen molar-refractivity contribution in [3.63, 3.8) is 0 Å². The van der Waals surface area contributed by atoms with E-state index >= 15 is 0 Å². The van der Waals surface area contributed by atoms with Crippen molar-refractivity contribution in [1.29, 1.82) is 0 Å². The molecule has 2 aromatic carbocycles. The highest BCUT2D eigenvalue weighted by atomic mass is 19.1. The van der Waals surface area contributed by atoms with Gasteiger partial charge in [-0.3, -0.25) is 4.79 Å². The van der Waals surface area contributed by atoms with Gasteiger partial charge >= 0.3 is 0 Å². The Hall–Kier alpha value is -2.36. The van der Waals surface area contributed by atoms with Crippen LogP contribution in [0.2, 0.25) is 0 Å². The van der Waals surface area contributed by atoms with Crippen LogP contribution in [0.4, 0.5) is 10.1 Å². The summed E-state index contributed by atoms with van der Waals surface area (Å²) in [7, 11) is 0. The first kappa shape index (κ1) is 12.1. The highest BCUT2D eigenvalue weighted by Crippen LogP contribution is 2.28. The SMILES string of the molecule is Cc1c(N)cc(-c2ccccc2F)cc1C(N)=O. The molecule has 0 atom stereocenters. The lowest BCUT2D eigenvalue weighted by Gasteiger charge is -2.10. The maximum atomic E-state index is 13.7. The summed E-state index contributed by atoms with van der Waals surface area (Å²) in [5.41, 5.74) is 13.4. The van der Waals surface area contributed by atoms with Crippen molar-refractivity contribution < 1.29 is 9.18 Å². The normalized spacial score (nSPS) is 10.3. The average Bonchev–Trinajstić information content (AvgIpc) is 2.33. The number of primary amides is 1. The summed E-state index contributed by atoms with van der Waals surface area (Å²) in [6.07, 6.45) is 0. The van der Waals surface area contributed by atoms with Crippen molar-refractivity contribution in [2.24, 2.45) is 5.73 Å². The van der Waals surface area contributed by atoms with Crippen LogP contribution in [-0.4, -0.2) is 5.91 Å². The molecule has 0 saturated carbocycles. The second kappa shape index (κ2) is 4.49. The molecule has 1 amide bonds. The maximum absolute atomic E-state index is 13.7. The molecule has 0 bridgehead atoms. The molecule has 0 fully saturated rings. The van der Waals surface area contributed by atoms with Gasteiger partial charge in [0.2, 0.25) is 5.91 Å². The van der Waals surface area contributed by atoms with Crippen molar-refractivity contribution in [3.05, 3.63) is 53.3 Å². The van der Waals surface area contributed by atoms with Crippen molar-refractivity contribution >= 4 is 11.6 Å². The van der Waals surface area contributed by atoms with Crippen molar-refractivity contribution in [2.75, 3.05) is 5.73 Å². The Morgan fingerprint density at radius 1 is 1.22 bits per heavy atom. The first-order valence-corrected chi connectivity index (χ1v) is 5.45. The second-order valence-corrected chi connectivity index (χ2v) is 4.08. The molecule has 0 aliphatic rings. The summed E-state index contributed by atoms with van der Waals surface area (Å²) >= 11 is 0. The number of carbonyl (C=O) groups is 1. The minimum atomic E-state index is -0.572. The molecular formula is C14H13FN2O. The molecule has 4 heteroatoms. The van der Waals surface area contributed by atoms with E-state index in [1.54, 1.807) is 37.3 Å². The number of amides is 1. The molecule has 92 valence electrons. The molecule has 2 rings (SSSR count). The summed E-state index contributed by atoms with van der Waals surface area (Å²) in [6.45, 7) is 1.71. The van der Waals surface area contributed by atoms with Gasteiger partial charge in [-0.25, -0.2) is 4.39 Å². The fourth-order valence-corrected chi connectivity index (χ4v) is 1.84. The third-order valence-corrected chi connectivity index (χ3v) is 2.90. The van der Waals surface area contributed by atoms with E-state index in [9.17, 15) is 9.18 Å². The number of benzene rings is 2. The zero-order chi connectivity index (χ0) is 13.3. The lowest BCUT2D eigenvalue weighted by atomic mass is 9.97. The van der Waals surface area contributed by atoms with Gasteiger partial charge in [0.1, 0.15) is 5.82 Å². The van der Waals surface area contributed by atoms with Gasteiger partial charge in [0.25, 0.3) is 0 Å². The second-order valence-electron chi connectivity index (χ2n) is 4.08. The van der Waals surface area contributed by atoms with Crippen LogP contribution in [0.3, 0.4) is 0 Å². The Morgan fingerprint density at radius 2 is 1.89 bits per heavy atom. The summed E-state index contributed by atoms with van der Waals surface area (Å²) < 4.78 is 13.7. The minimum Gasteiger partial charge on any atom is -0.398 e. The fourth-order valence-electron chi connectivity index (χ4n) is 1.84. The smallest absolute Gasteiger partial charge is 0.249 e. The quantitative estimate of drug-likeness (QED) is 0.797. The number of hydrogen-bond acceptors (Lipinski definition) is 2. The molecule has 4 N–H and O–H groups in total. The maximum Gasteiger partial charge on any atom is 0.249 e. The van der Waals surface area contributed by atoms with Crippen LogP contribution in [0.5, 0.6) is 0 Å². The Morgan fingerprint density at radius 3 is 2.50 bits per heavy atom. The van der Waals surface area contributed by atoms with Gasteiger partial charge in [-0.15, -0.1) is 0 Å². The number of rotatable bonds is 2. The van der Waals surface area contributed by atoms with Crippen LogP contribution >= 0.6 is 0 Å². The topological polar surface area (TPSA) is 69.1 Å². The van der Waals surface area contributed by atoms with Gasteiger partial charge in [0.15, 0.2) is 0 Å². The largest absolute Gasteiger partial charge is 0.398 e. The van der Waals surface area contributed by atoms with Crippen molar-refractivity contribution in [2.45, 2.75) is 6.92 Å². The Balaban J connectivity index is 2.67. The van der Waals surface area contributed by atoms with Gasteiger partial charge < -0.3 is 11.5 Å². The predicted molar refractivity (Wildman–Crippen MR) is 69.5 cm³/mol. The number of nitrogens with two attached hydrogens (primary N) is 2. The summed E-state index contributed by atoms with van der Waals surface area (Å²) in [4.78, 5) is 11.3. The van der Waals surface area contributed by atoms with Gasteiger partial charge in [-0.1, -0.05) is 18.2 Å². The highest BCUT2D eigenvalue weighted by molar-refractivity contribution is 5.97. The van der Waals surface area contributed by atoms with Gasteiger partial charge in [-0.2, -0.15) is 0 Å². The number of hydrogen-bond donors (Lipinski definition) is 2. The molecule has 0 saturated heterocycles. The molecular weight excluding hydrogens is 231 g/mol. The molecule has 0 unspecified atom stereocenters. The Kier molecular flexibility index (Phi) is 3.02. The van der Waals surface area contributed by atoms with Crippen molar-refractivity contribution in [1.82, 2.24) is 0 Å². The summed E-state index contributed by atoms with van der Waals surface area (Å²) in [5, 5.41) is 0. The molecule has 0 aromatic heterocycles. The van der Waals surface area contributed by atoms with E-state index in [4.69, 9.17) is 11.5 Å². The summed E-state index contributed by atoms with van der Waals surface area (Å²) in [6, 6.07) is 9.51. The van der Waals surface area contributed by atoms with Crippen LogP contribution in [-0.2, 0) is 0 Å². The molecule has 0 aliphatic heterocycles. The van der Waals surface area contributed by atoms with E-state index in [0.29, 0.717) is 27.9 Å². The average molecular weight is 244 g/mol. The molecule has 0 spiro atoms. The number of carbonyl (C=O) groups excluding carboxylic acids is 1. The Labute approximate surface area is 104 Å². The fraction of sp³-hybridized carbons (Fsp3) is 0.0714. The molecule has 0 heterocycles. The molecule has 0 aliphatic carbocycles. The van der Waals surface area contributed by atoms with E-state index in [1.165, 1.54) is 6.07 Å². The highest BCUT2D eigenvalue weighted by Gasteiger charge is 2.12. The monoisotopic (exact) mass is 244 g/mol. The van der Waals surface area contributed by atoms with Crippen LogP contribution in [0, 0.1) is 12.7 Å². The van der Waals surface area contributed by atoms with Crippen LogP contribution in [0.1, 0.15) is 15.9 Å². The molecule has 0 radical (unpaired) electrons. The molecule has 3 nitrogen and oxygen atoms in total. The lowest BCUT2D eigenvalue weighted by molar-refractivity contribution is 0.1000. The zero-order valence-electron chi connectivity index (χ0n) is 9.91. The third kappa shape index (κ3) is 2.05. The van der Waals surface area contributed by atoms with Crippen LogP contribution < -0.4 is 11.5 Å².